The number of anilines is 1. The Hall–Kier alpha value is -2.64. The van der Waals surface area contributed by atoms with Crippen LogP contribution in [0.2, 0.25) is 0 Å². The summed E-state index contributed by atoms with van der Waals surface area (Å²) in [5.41, 5.74) is 0.0668. The number of nitro benzene ring substituents is 1. The molecule has 1 fully saturated rings. The molecule has 0 radical (unpaired) electrons. The molecule has 0 atom stereocenters. The summed E-state index contributed by atoms with van der Waals surface area (Å²) in [6.45, 7) is 5.43. The van der Waals surface area contributed by atoms with Crippen LogP contribution in [0.1, 0.15) is 44.0 Å². The van der Waals surface area contributed by atoms with Crippen LogP contribution >= 0.6 is 0 Å². The van der Waals surface area contributed by atoms with E-state index in [1.807, 2.05) is 20.8 Å². The van der Waals surface area contributed by atoms with Gasteiger partial charge >= 0.3 is 0 Å². The molecular weight excluding hydrogens is 324 g/mol. The minimum absolute atomic E-state index is 0.119. The number of nitrogens with one attached hydrogen (secondary N) is 2. The van der Waals surface area contributed by atoms with Gasteiger partial charge in [0.2, 0.25) is 5.91 Å². The third-order valence-corrected chi connectivity index (χ3v) is 3.62. The predicted octanol–water partition coefficient (Wildman–Crippen LogP) is 2.16. The number of carbonyl (C=O) groups is 2. The molecule has 8 nitrogen and oxygen atoms in total. The van der Waals surface area contributed by atoms with Crippen molar-refractivity contribution in [2.45, 2.75) is 45.2 Å². The fourth-order valence-electron chi connectivity index (χ4n) is 2.35. The smallest absolute Gasteiger partial charge is 0.293 e. The summed E-state index contributed by atoms with van der Waals surface area (Å²) in [6, 6.07) is 4.61. The lowest BCUT2D eigenvalue weighted by molar-refractivity contribution is -0.384. The molecule has 1 saturated carbocycles. The quantitative estimate of drug-likeness (QED) is 0.605. The maximum absolute atomic E-state index is 12.5. The van der Waals surface area contributed by atoms with Crippen molar-refractivity contribution in [2.24, 2.45) is 0 Å². The normalized spacial score (nSPS) is 13.9. The molecule has 1 aliphatic rings. The van der Waals surface area contributed by atoms with Gasteiger partial charge in [-0.05, 0) is 45.7 Å². The predicted molar refractivity (Wildman–Crippen MR) is 94.6 cm³/mol. The Bertz CT molecular complexity index is 692. The molecule has 25 heavy (non-hydrogen) atoms. The van der Waals surface area contributed by atoms with Gasteiger partial charge in [0.15, 0.2) is 0 Å². The first-order valence-electron chi connectivity index (χ1n) is 8.18. The highest BCUT2D eigenvalue weighted by atomic mass is 16.6. The standard InChI is InChI=1S/C17H24N4O4/c1-17(2,3)19-15(22)10-20(4)16(23)11-5-8-13(18-12-6-7-12)14(9-11)21(24)25/h5,8-9,12,18H,6-7,10H2,1-4H3,(H,19,22). The molecule has 0 heterocycles. The second kappa shape index (κ2) is 7.08. The fraction of sp³-hybridized carbons (Fsp3) is 0.529. The first-order chi connectivity index (χ1) is 11.6. The van der Waals surface area contributed by atoms with Crippen LogP contribution in [0, 0.1) is 10.1 Å². The molecule has 0 aromatic heterocycles. The molecule has 8 heteroatoms. The molecular formula is C17H24N4O4. The van der Waals surface area contributed by atoms with Crippen LogP contribution in [0.4, 0.5) is 11.4 Å². The van der Waals surface area contributed by atoms with Crippen molar-refractivity contribution >= 4 is 23.2 Å². The van der Waals surface area contributed by atoms with E-state index < -0.39 is 16.4 Å². The second-order valence-corrected chi connectivity index (χ2v) is 7.37. The van der Waals surface area contributed by atoms with Crippen molar-refractivity contribution < 1.29 is 14.5 Å². The van der Waals surface area contributed by atoms with E-state index >= 15 is 0 Å². The van der Waals surface area contributed by atoms with Crippen molar-refractivity contribution in [1.82, 2.24) is 10.2 Å². The monoisotopic (exact) mass is 348 g/mol. The van der Waals surface area contributed by atoms with Crippen molar-refractivity contribution in [3.63, 3.8) is 0 Å². The fourth-order valence-corrected chi connectivity index (χ4v) is 2.35. The summed E-state index contributed by atoms with van der Waals surface area (Å²) in [6.07, 6.45) is 1.98. The number of likely N-dealkylation sites (N-methyl/N-ethyl adjacent to an activating group) is 1. The molecule has 2 N–H and O–H groups in total. The Kier molecular flexibility index (Phi) is 5.30. The van der Waals surface area contributed by atoms with E-state index in [0.29, 0.717) is 5.69 Å². The van der Waals surface area contributed by atoms with Crippen LogP contribution in [0.25, 0.3) is 0 Å². The van der Waals surface area contributed by atoms with Gasteiger partial charge in [0.1, 0.15) is 5.69 Å². The number of hydrogen-bond acceptors (Lipinski definition) is 5. The number of nitro groups is 1. The highest BCUT2D eigenvalue weighted by molar-refractivity contribution is 5.97. The van der Waals surface area contributed by atoms with Crippen molar-refractivity contribution in [2.75, 3.05) is 18.9 Å². The third-order valence-electron chi connectivity index (χ3n) is 3.62. The minimum Gasteiger partial charge on any atom is -0.377 e. The Labute approximate surface area is 146 Å². The van der Waals surface area contributed by atoms with Gasteiger partial charge in [-0.2, -0.15) is 0 Å². The number of rotatable bonds is 6. The highest BCUT2D eigenvalue weighted by Gasteiger charge is 2.26. The van der Waals surface area contributed by atoms with Gasteiger partial charge in [-0.1, -0.05) is 0 Å². The number of amides is 2. The van der Waals surface area contributed by atoms with Crippen molar-refractivity contribution in [1.29, 1.82) is 0 Å². The van der Waals surface area contributed by atoms with Gasteiger partial charge in [-0.15, -0.1) is 0 Å². The lowest BCUT2D eigenvalue weighted by Crippen LogP contribution is -2.46. The molecule has 2 amide bonds. The summed E-state index contributed by atoms with van der Waals surface area (Å²) >= 11 is 0. The minimum atomic E-state index is -0.506. The summed E-state index contributed by atoms with van der Waals surface area (Å²) in [7, 11) is 1.49. The molecule has 1 aromatic carbocycles. The van der Waals surface area contributed by atoms with E-state index in [4.69, 9.17) is 0 Å². The Balaban J connectivity index is 2.11. The zero-order valence-corrected chi connectivity index (χ0v) is 15.0. The lowest BCUT2D eigenvalue weighted by Gasteiger charge is -2.23. The number of nitrogens with zero attached hydrogens (tertiary/aromatic N) is 2. The van der Waals surface area contributed by atoms with Crippen molar-refractivity contribution in [3.8, 4) is 0 Å². The van der Waals surface area contributed by atoms with Gasteiger partial charge in [0.05, 0.1) is 11.5 Å². The van der Waals surface area contributed by atoms with E-state index in [1.54, 1.807) is 6.07 Å². The average Bonchev–Trinajstić information content (AvgIpc) is 3.28. The largest absolute Gasteiger partial charge is 0.377 e. The summed E-state index contributed by atoms with van der Waals surface area (Å²) in [5.74, 6) is -0.727. The van der Waals surface area contributed by atoms with Crippen LogP contribution in [-0.4, -0.2) is 46.8 Å². The van der Waals surface area contributed by atoms with Crippen molar-refractivity contribution in [3.05, 3.63) is 33.9 Å². The zero-order chi connectivity index (χ0) is 18.8. The Morgan fingerprint density at radius 1 is 1.32 bits per heavy atom. The van der Waals surface area contributed by atoms with Gasteiger partial charge in [-0.3, -0.25) is 19.7 Å². The van der Waals surface area contributed by atoms with Gasteiger partial charge in [0.25, 0.3) is 11.6 Å². The van der Waals surface area contributed by atoms with Crippen LogP contribution in [-0.2, 0) is 4.79 Å². The van der Waals surface area contributed by atoms with E-state index in [9.17, 15) is 19.7 Å². The highest BCUT2D eigenvalue weighted by Crippen LogP contribution is 2.31. The molecule has 0 aliphatic heterocycles. The maximum Gasteiger partial charge on any atom is 0.293 e. The molecule has 0 bridgehead atoms. The molecule has 1 aliphatic carbocycles. The van der Waals surface area contributed by atoms with E-state index in [0.717, 1.165) is 12.8 Å². The lowest BCUT2D eigenvalue weighted by atomic mass is 10.1. The average molecular weight is 348 g/mol. The van der Waals surface area contributed by atoms with E-state index in [2.05, 4.69) is 10.6 Å². The van der Waals surface area contributed by atoms with Crippen LogP contribution in [0.3, 0.4) is 0 Å². The Morgan fingerprint density at radius 2 is 1.96 bits per heavy atom. The van der Waals surface area contributed by atoms with Gasteiger partial charge in [0, 0.05) is 30.3 Å². The van der Waals surface area contributed by atoms with Crippen LogP contribution < -0.4 is 10.6 Å². The van der Waals surface area contributed by atoms with E-state index in [-0.39, 0.29) is 29.7 Å². The summed E-state index contributed by atoms with van der Waals surface area (Å²) in [5, 5.41) is 17.1. The SMILES string of the molecule is CN(CC(=O)NC(C)(C)C)C(=O)c1ccc(NC2CC2)c([N+](=O)[O-])c1. The van der Waals surface area contributed by atoms with Gasteiger partial charge < -0.3 is 15.5 Å². The molecule has 0 spiro atoms. The summed E-state index contributed by atoms with van der Waals surface area (Å²) in [4.78, 5) is 36.4. The molecule has 136 valence electrons. The number of hydrogen-bond donors (Lipinski definition) is 2. The van der Waals surface area contributed by atoms with Crippen LogP contribution in [0.15, 0.2) is 18.2 Å². The topological polar surface area (TPSA) is 105 Å². The third kappa shape index (κ3) is 5.44. The number of carbonyl (C=O) groups excluding carboxylic acids is 2. The molecule has 1 aromatic rings. The van der Waals surface area contributed by atoms with Gasteiger partial charge in [-0.25, -0.2) is 0 Å². The maximum atomic E-state index is 12.5. The summed E-state index contributed by atoms with van der Waals surface area (Å²) < 4.78 is 0. The molecule has 0 saturated heterocycles. The first-order valence-corrected chi connectivity index (χ1v) is 8.18. The van der Waals surface area contributed by atoms with Crippen LogP contribution in [0.5, 0.6) is 0 Å². The second-order valence-electron chi connectivity index (χ2n) is 7.37. The molecule has 0 unspecified atom stereocenters. The number of benzene rings is 1. The molecule has 2 rings (SSSR count). The zero-order valence-electron chi connectivity index (χ0n) is 15.0. The van der Waals surface area contributed by atoms with E-state index in [1.165, 1.54) is 24.1 Å². The Morgan fingerprint density at radius 3 is 2.48 bits per heavy atom. The first kappa shape index (κ1) is 18.7.